The molecule has 2 aromatic carbocycles. The van der Waals surface area contributed by atoms with Crippen LogP contribution in [0.15, 0.2) is 42.5 Å². The molecule has 2 nitrogen and oxygen atoms in total. The zero-order valence-electron chi connectivity index (χ0n) is 11.9. The van der Waals surface area contributed by atoms with E-state index in [0.717, 1.165) is 25.8 Å². The second-order valence-corrected chi connectivity index (χ2v) is 5.71. The molecular formula is C18H23NO. The van der Waals surface area contributed by atoms with Crippen LogP contribution in [0.25, 0.3) is 10.8 Å². The molecule has 3 rings (SSSR count). The van der Waals surface area contributed by atoms with E-state index in [1.807, 2.05) is 0 Å². The fraction of sp³-hybridized carbons (Fsp3) is 0.444. The molecule has 2 atom stereocenters. The predicted octanol–water partition coefficient (Wildman–Crippen LogP) is 3.67. The molecule has 1 aliphatic rings. The molecule has 1 heterocycles. The molecule has 0 spiro atoms. The lowest BCUT2D eigenvalue weighted by Crippen LogP contribution is -2.15. The van der Waals surface area contributed by atoms with Gasteiger partial charge in [0.05, 0.1) is 12.2 Å². The normalized spacial score (nSPS) is 22.4. The topological polar surface area (TPSA) is 35.2 Å². The van der Waals surface area contributed by atoms with Crippen molar-refractivity contribution >= 4 is 10.8 Å². The van der Waals surface area contributed by atoms with Crippen molar-refractivity contribution in [1.29, 1.82) is 0 Å². The van der Waals surface area contributed by atoms with E-state index in [4.69, 9.17) is 10.5 Å². The maximum Gasteiger partial charge on any atom is 0.0591 e. The number of fused-ring (bicyclic) bond motifs is 1. The third-order valence-electron chi connectivity index (χ3n) is 4.30. The van der Waals surface area contributed by atoms with Gasteiger partial charge in [0.2, 0.25) is 0 Å². The van der Waals surface area contributed by atoms with Crippen molar-refractivity contribution in [3.8, 4) is 0 Å². The molecule has 0 radical (unpaired) electrons. The Labute approximate surface area is 120 Å². The molecule has 2 heteroatoms. The van der Waals surface area contributed by atoms with E-state index < -0.39 is 0 Å². The van der Waals surface area contributed by atoms with E-state index in [-0.39, 0.29) is 0 Å². The molecule has 0 bridgehead atoms. The van der Waals surface area contributed by atoms with Crippen molar-refractivity contribution in [2.24, 2.45) is 5.73 Å². The molecule has 0 saturated carbocycles. The Morgan fingerprint density at radius 1 is 0.950 bits per heavy atom. The van der Waals surface area contributed by atoms with Gasteiger partial charge >= 0.3 is 0 Å². The van der Waals surface area contributed by atoms with Crippen LogP contribution in [0, 0.1) is 0 Å². The monoisotopic (exact) mass is 269 g/mol. The van der Waals surface area contributed by atoms with Crippen molar-refractivity contribution in [2.75, 3.05) is 6.54 Å². The van der Waals surface area contributed by atoms with Gasteiger partial charge in [-0.25, -0.2) is 0 Å². The van der Waals surface area contributed by atoms with E-state index in [0.29, 0.717) is 12.2 Å². The molecule has 1 fully saturated rings. The van der Waals surface area contributed by atoms with Crippen molar-refractivity contribution in [3.63, 3.8) is 0 Å². The summed E-state index contributed by atoms with van der Waals surface area (Å²) in [6, 6.07) is 15.2. The Balaban J connectivity index is 1.63. The van der Waals surface area contributed by atoms with Crippen molar-refractivity contribution in [2.45, 2.75) is 44.3 Å². The zero-order valence-corrected chi connectivity index (χ0v) is 11.9. The van der Waals surface area contributed by atoms with Gasteiger partial charge in [-0.1, -0.05) is 42.5 Å². The molecule has 2 aromatic rings. The zero-order chi connectivity index (χ0) is 13.8. The van der Waals surface area contributed by atoms with Crippen LogP contribution >= 0.6 is 0 Å². The van der Waals surface area contributed by atoms with E-state index in [2.05, 4.69) is 42.5 Å². The molecule has 2 N–H and O–H groups in total. The summed E-state index contributed by atoms with van der Waals surface area (Å²) < 4.78 is 6.06. The summed E-state index contributed by atoms with van der Waals surface area (Å²) in [4.78, 5) is 0. The van der Waals surface area contributed by atoms with Gasteiger partial charge in [0, 0.05) is 0 Å². The molecule has 20 heavy (non-hydrogen) atoms. The molecule has 1 saturated heterocycles. The third-order valence-corrected chi connectivity index (χ3v) is 4.30. The average Bonchev–Trinajstić information content (AvgIpc) is 2.93. The van der Waals surface area contributed by atoms with Gasteiger partial charge in [0.1, 0.15) is 0 Å². The van der Waals surface area contributed by atoms with E-state index >= 15 is 0 Å². The SMILES string of the molecule is NCCC1CCC(CCc2cccc3ccccc23)O1. The van der Waals surface area contributed by atoms with Gasteiger partial charge in [0.25, 0.3) is 0 Å². The first-order chi connectivity index (χ1) is 9.86. The lowest BCUT2D eigenvalue weighted by atomic mass is 9.99. The van der Waals surface area contributed by atoms with Crippen LogP contribution in [-0.2, 0) is 11.2 Å². The molecule has 1 aliphatic heterocycles. The van der Waals surface area contributed by atoms with Crippen LogP contribution in [0.5, 0.6) is 0 Å². The van der Waals surface area contributed by atoms with Crippen LogP contribution in [0.1, 0.15) is 31.2 Å². The van der Waals surface area contributed by atoms with Crippen LogP contribution in [-0.4, -0.2) is 18.8 Å². The minimum Gasteiger partial charge on any atom is -0.375 e. The molecule has 0 amide bonds. The predicted molar refractivity (Wildman–Crippen MR) is 83.8 cm³/mol. The van der Waals surface area contributed by atoms with Gasteiger partial charge in [-0.15, -0.1) is 0 Å². The van der Waals surface area contributed by atoms with Gasteiger partial charge in [-0.2, -0.15) is 0 Å². The minimum atomic E-state index is 0.400. The van der Waals surface area contributed by atoms with Gasteiger partial charge < -0.3 is 10.5 Å². The van der Waals surface area contributed by atoms with E-state index in [1.54, 1.807) is 0 Å². The second kappa shape index (κ2) is 6.38. The van der Waals surface area contributed by atoms with E-state index in [1.165, 1.54) is 29.2 Å². The number of benzene rings is 2. The Hall–Kier alpha value is -1.38. The number of hydrogen-bond donors (Lipinski definition) is 1. The summed E-state index contributed by atoms with van der Waals surface area (Å²) in [5.74, 6) is 0. The molecule has 0 aromatic heterocycles. The third kappa shape index (κ3) is 3.02. The Bertz CT molecular complexity index is 561. The first-order valence-corrected chi connectivity index (χ1v) is 7.69. The fourth-order valence-corrected chi connectivity index (χ4v) is 3.22. The lowest BCUT2D eigenvalue weighted by Gasteiger charge is -2.13. The van der Waals surface area contributed by atoms with Crippen LogP contribution < -0.4 is 5.73 Å². The quantitative estimate of drug-likeness (QED) is 0.899. The van der Waals surface area contributed by atoms with Crippen LogP contribution in [0.4, 0.5) is 0 Å². The van der Waals surface area contributed by atoms with Gasteiger partial charge in [-0.3, -0.25) is 0 Å². The number of aryl methyl sites for hydroxylation is 1. The second-order valence-electron chi connectivity index (χ2n) is 5.71. The average molecular weight is 269 g/mol. The fourth-order valence-electron chi connectivity index (χ4n) is 3.22. The molecular weight excluding hydrogens is 246 g/mol. The Morgan fingerprint density at radius 3 is 2.55 bits per heavy atom. The summed E-state index contributed by atoms with van der Waals surface area (Å²) in [6.07, 6.45) is 6.41. The molecule has 106 valence electrons. The number of rotatable bonds is 5. The van der Waals surface area contributed by atoms with Crippen LogP contribution in [0.2, 0.25) is 0 Å². The van der Waals surface area contributed by atoms with Crippen molar-refractivity contribution < 1.29 is 4.74 Å². The van der Waals surface area contributed by atoms with Crippen molar-refractivity contribution in [1.82, 2.24) is 0 Å². The summed E-state index contributed by atoms with van der Waals surface area (Å²) in [5.41, 5.74) is 7.04. The van der Waals surface area contributed by atoms with Gasteiger partial charge in [0.15, 0.2) is 0 Å². The maximum absolute atomic E-state index is 6.06. The van der Waals surface area contributed by atoms with Gasteiger partial charge in [-0.05, 0) is 55.0 Å². The number of hydrogen-bond acceptors (Lipinski definition) is 2. The first kappa shape index (κ1) is 13.6. The highest BCUT2D eigenvalue weighted by Crippen LogP contribution is 2.26. The number of nitrogens with two attached hydrogens (primary N) is 1. The summed E-state index contributed by atoms with van der Waals surface area (Å²) in [7, 11) is 0. The van der Waals surface area contributed by atoms with Crippen LogP contribution in [0.3, 0.4) is 0 Å². The summed E-state index contributed by atoms with van der Waals surface area (Å²) in [6.45, 7) is 0.737. The maximum atomic E-state index is 6.06. The lowest BCUT2D eigenvalue weighted by molar-refractivity contribution is 0.0378. The first-order valence-electron chi connectivity index (χ1n) is 7.69. The Kier molecular flexibility index (Phi) is 4.34. The van der Waals surface area contributed by atoms with Crippen molar-refractivity contribution in [3.05, 3.63) is 48.0 Å². The highest BCUT2D eigenvalue weighted by atomic mass is 16.5. The minimum absolute atomic E-state index is 0.400. The standard InChI is InChI=1S/C18H23NO/c19-13-12-17-11-10-16(20-17)9-8-15-6-3-5-14-4-1-2-7-18(14)15/h1-7,16-17H,8-13,19H2. The highest BCUT2D eigenvalue weighted by Gasteiger charge is 2.24. The highest BCUT2D eigenvalue weighted by molar-refractivity contribution is 5.85. The van der Waals surface area contributed by atoms with E-state index in [9.17, 15) is 0 Å². The Morgan fingerprint density at radius 2 is 1.70 bits per heavy atom. The molecule has 2 unspecified atom stereocenters. The molecule has 0 aliphatic carbocycles. The summed E-state index contributed by atoms with van der Waals surface area (Å²) >= 11 is 0. The summed E-state index contributed by atoms with van der Waals surface area (Å²) in [5, 5.41) is 2.71. The smallest absolute Gasteiger partial charge is 0.0591 e. The number of ether oxygens (including phenoxy) is 1. The largest absolute Gasteiger partial charge is 0.375 e.